The minimum Gasteiger partial charge on any atom is -0.355 e. The third-order valence-corrected chi connectivity index (χ3v) is 4.13. The predicted octanol–water partition coefficient (Wildman–Crippen LogP) is 2.69. The molecule has 2 heterocycles. The number of nitrogens with zero attached hydrogens (tertiary/aromatic N) is 3. The van der Waals surface area contributed by atoms with Gasteiger partial charge in [-0.15, -0.1) is 0 Å². The van der Waals surface area contributed by atoms with Gasteiger partial charge in [-0.25, -0.2) is 4.98 Å². The largest absolute Gasteiger partial charge is 0.433 e. The molecule has 1 aromatic heterocycles. The van der Waals surface area contributed by atoms with Crippen molar-refractivity contribution in [3.8, 4) is 6.07 Å². The second kappa shape index (κ2) is 5.76. The van der Waals surface area contributed by atoms with Gasteiger partial charge in [0.15, 0.2) is 0 Å². The van der Waals surface area contributed by atoms with E-state index in [4.69, 9.17) is 5.26 Å². The van der Waals surface area contributed by atoms with Gasteiger partial charge >= 0.3 is 6.18 Å². The average molecular weight is 310 g/mol. The van der Waals surface area contributed by atoms with Crippen LogP contribution < -0.4 is 10.2 Å². The number of halogens is 3. The molecule has 2 aliphatic rings. The Morgan fingerprint density at radius 2 is 1.77 bits per heavy atom. The monoisotopic (exact) mass is 310 g/mol. The summed E-state index contributed by atoms with van der Waals surface area (Å²) in [4.78, 5) is 5.49. The van der Waals surface area contributed by atoms with Gasteiger partial charge in [-0.2, -0.15) is 18.4 Å². The zero-order chi connectivity index (χ0) is 15.7. The molecular formula is C15H17F3N4. The molecule has 2 fully saturated rings. The van der Waals surface area contributed by atoms with Crippen LogP contribution in [0.1, 0.15) is 36.9 Å². The van der Waals surface area contributed by atoms with E-state index in [-0.39, 0.29) is 11.4 Å². The fourth-order valence-electron chi connectivity index (χ4n) is 2.78. The van der Waals surface area contributed by atoms with Crippen LogP contribution in [0.2, 0.25) is 0 Å². The molecule has 1 aromatic rings. The molecule has 0 bridgehead atoms. The molecule has 1 saturated heterocycles. The molecule has 1 aliphatic carbocycles. The molecule has 0 unspecified atom stereocenters. The number of rotatable bonds is 3. The maximum atomic E-state index is 12.8. The van der Waals surface area contributed by atoms with Gasteiger partial charge in [0.25, 0.3) is 0 Å². The Balaban J connectivity index is 1.74. The van der Waals surface area contributed by atoms with E-state index in [1.807, 2.05) is 6.07 Å². The number of alkyl halides is 3. The van der Waals surface area contributed by atoms with Gasteiger partial charge in [-0.1, -0.05) is 0 Å². The van der Waals surface area contributed by atoms with Gasteiger partial charge in [0.05, 0.1) is 5.56 Å². The van der Waals surface area contributed by atoms with Gasteiger partial charge in [0.2, 0.25) is 0 Å². The molecule has 118 valence electrons. The minimum absolute atomic E-state index is 0.155. The summed E-state index contributed by atoms with van der Waals surface area (Å²) in [6, 6.07) is 5.05. The van der Waals surface area contributed by atoms with E-state index in [1.54, 1.807) is 4.90 Å². The van der Waals surface area contributed by atoms with E-state index in [1.165, 1.54) is 18.9 Å². The number of aromatic nitrogens is 1. The molecule has 0 aromatic carbocycles. The highest BCUT2D eigenvalue weighted by Gasteiger charge is 2.34. The van der Waals surface area contributed by atoms with Crippen LogP contribution in [0.3, 0.4) is 0 Å². The zero-order valence-corrected chi connectivity index (χ0v) is 12.0. The molecule has 3 rings (SSSR count). The lowest BCUT2D eigenvalue weighted by Gasteiger charge is -2.34. The SMILES string of the molecule is N#Cc1ccc(C(F)(F)F)nc1N1CCC(NC2CC2)CC1. The van der Waals surface area contributed by atoms with E-state index >= 15 is 0 Å². The molecule has 0 amide bonds. The van der Waals surface area contributed by atoms with Crippen LogP contribution in [0.4, 0.5) is 19.0 Å². The number of nitrogens with one attached hydrogen (secondary N) is 1. The highest BCUT2D eigenvalue weighted by molar-refractivity contribution is 5.54. The van der Waals surface area contributed by atoms with E-state index in [0.717, 1.165) is 18.9 Å². The van der Waals surface area contributed by atoms with Crippen molar-refractivity contribution >= 4 is 5.82 Å². The molecule has 0 atom stereocenters. The zero-order valence-electron chi connectivity index (χ0n) is 12.0. The first-order chi connectivity index (χ1) is 10.5. The minimum atomic E-state index is -4.49. The lowest BCUT2D eigenvalue weighted by atomic mass is 10.0. The third-order valence-electron chi connectivity index (χ3n) is 4.13. The van der Waals surface area contributed by atoms with Gasteiger partial charge in [0, 0.05) is 25.2 Å². The Morgan fingerprint density at radius 3 is 2.32 bits per heavy atom. The molecule has 4 nitrogen and oxygen atoms in total. The molecule has 1 N–H and O–H groups in total. The molecular weight excluding hydrogens is 293 g/mol. The summed E-state index contributed by atoms with van der Waals surface area (Å²) in [5, 5.41) is 12.6. The molecule has 22 heavy (non-hydrogen) atoms. The lowest BCUT2D eigenvalue weighted by Crippen LogP contribution is -2.43. The summed E-state index contributed by atoms with van der Waals surface area (Å²) in [5.41, 5.74) is -0.749. The Labute approximate surface area is 126 Å². The van der Waals surface area contributed by atoms with Crippen LogP contribution >= 0.6 is 0 Å². The maximum absolute atomic E-state index is 12.8. The fraction of sp³-hybridized carbons (Fsp3) is 0.600. The first kappa shape index (κ1) is 15.1. The van der Waals surface area contributed by atoms with Crippen LogP contribution in [-0.4, -0.2) is 30.2 Å². The van der Waals surface area contributed by atoms with Crippen molar-refractivity contribution in [3.05, 3.63) is 23.4 Å². The van der Waals surface area contributed by atoms with Gasteiger partial charge < -0.3 is 10.2 Å². The smallest absolute Gasteiger partial charge is 0.355 e. The second-order valence-corrected chi connectivity index (χ2v) is 5.88. The van der Waals surface area contributed by atoms with Crippen LogP contribution in [0.5, 0.6) is 0 Å². The van der Waals surface area contributed by atoms with Crippen LogP contribution in [0.25, 0.3) is 0 Å². The summed E-state index contributed by atoms with van der Waals surface area (Å²) in [7, 11) is 0. The quantitative estimate of drug-likeness (QED) is 0.932. The van der Waals surface area contributed by atoms with Crippen molar-refractivity contribution in [1.82, 2.24) is 10.3 Å². The third kappa shape index (κ3) is 3.33. The molecule has 0 spiro atoms. The molecule has 0 radical (unpaired) electrons. The Bertz CT molecular complexity index is 581. The van der Waals surface area contributed by atoms with Gasteiger partial charge in [0.1, 0.15) is 17.6 Å². The van der Waals surface area contributed by atoms with Crippen molar-refractivity contribution < 1.29 is 13.2 Å². The topological polar surface area (TPSA) is 52.0 Å². The van der Waals surface area contributed by atoms with Crippen LogP contribution in [0, 0.1) is 11.3 Å². The summed E-state index contributed by atoms with van der Waals surface area (Å²) < 4.78 is 38.4. The van der Waals surface area contributed by atoms with Crippen LogP contribution in [-0.2, 0) is 6.18 Å². The van der Waals surface area contributed by atoms with Gasteiger partial charge in [-0.05, 0) is 37.8 Å². The number of pyridine rings is 1. The van der Waals surface area contributed by atoms with Crippen molar-refractivity contribution in [1.29, 1.82) is 5.26 Å². The summed E-state index contributed by atoms with van der Waals surface area (Å²) in [6.07, 6.45) is -0.338. The summed E-state index contributed by atoms with van der Waals surface area (Å²) >= 11 is 0. The molecule has 1 saturated carbocycles. The summed E-state index contributed by atoms with van der Waals surface area (Å²) in [6.45, 7) is 1.24. The molecule has 1 aliphatic heterocycles. The first-order valence-electron chi connectivity index (χ1n) is 7.46. The highest BCUT2D eigenvalue weighted by Crippen LogP contribution is 2.31. The average Bonchev–Trinajstić information content (AvgIpc) is 3.30. The normalized spacial score (nSPS) is 20.0. The number of anilines is 1. The Hall–Kier alpha value is -1.81. The molecule has 7 heteroatoms. The van der Waals surface area contributed by atoms with Crippen molar-refractivity contribution in [2.24, 2.45) is 0 Å². The van der Waals surface area contributed by atoms with E-state index in [9.17, 15) is 13.2 Å². The Morgan fingerprint density at radius 1 is 1.14 bits per heavy atom. The fourth-order valence-corrected chi connectivity index (χ4v) is 2.78. The number of hydrogen-bond donors (Lipinski definition) is 1. The van der Waals surface area contributed by atoms with Gasteiger partial charge in [-0.3, -0.25) is 0 Å². The van der Waals surface area contributed by atoms with Crippen LogP contribution in [0.15, 0.2) is 12.1 Å². The Kier molecular flexibility index (Phi) is 3.96. The second-order valence-electron chi connectivity index (χ2n) is 5.88. The number of nitriles is 1. The van der Waals surface area contributed by atoms with Crippen molar-refractivity contribution in [3.63, 3.8) is 0 Å². The number of piperidine rings is 1. The highest BCUT2D eigenvalue weighted by atomic mass is 19.4. The van der Waals surface area contributed by atoms with Crippen molar-refractivity contribution in [2.75, 3.05) is 18.0 Å². The van der Waals surface area contributed by atoms with Crippen molar-refractivity contribution in [2.45, 2.75) is 43.9 Å². The summed E-state index contributed by atoms with van der Waals surface area (Å²) in [5.74, 6) is 0.155. The lowest BCUT2D eigenvalue weighted by molar-refractivity contribution is -0.141. The maximum Gasteiger partial charge on any atom is 0.433 e. The van der Waals surface area contributed by atoms with E-state index in [2.05, 4.69) is 10.3 Å². The first-order valence-corrected chi connectivity index (χ1v) is 7.46. The predicted molar refractivity (Wildman–Crippen MR) is 75.3 cm³/mol. The van der Waals surface area contributed by atoms with E-state index < -0.39 is 11.9 Å². The number of hydrogen-bond acceptors (Lipinski definition) is 4. The standard InChI is InChI=1S/C15H17F3N4/c16-15(17,18)13-4-1-10(9-19)14(21-13)22-7-5-12(6-8-22)20-11-2-3-11/h1,4,11-12,20H,2-3,5-8H2. The van der Waals surface area contributed by atoms with E-state index in [0.29, 0.717) is 25.2 Å².